The zero-order valence-corrected chi connectivity index (χ0v) is 14.0. The molecule has 2 aromatic rings. The summed E-state index contributed by atoms with van der Waals surface area (Å²) in [5.41, 5.74) is 1.49. The molecular weight excluding hydrogens is 290 g/mol. The molecule has 23 heavy (non-hydrogen) atoms. The molecule has 3 rings (SSSR count). The lowest BCUT2D eigenvalue weighted by atomic mass is 10.2. The Morgan fingerprint density at radius 2 is 2.13 bits per heavy atom. The first-order chi connectivity index (χ1) is 11.1. The molecule has 0 bridgehead atoms. The van der Waals surface area contributed by atoms with Gasteiger partial charge in [0.05, 0.1) is 17.8 Å². The van der Waals surface area contributed by atoms with Gasteiger partial charge in [0.25, 0.3) is 5.91 Å². The predicted molar refractivity (Wildman–Crippen MR) is 90.5 cm³/mol. The molecule has 1 amide bonds. The lowest BCUT2D eigenvalue weighted by Crippen LogP contribution is -2.27. The molecule has 6 nitrogen and oxygen atoms in total. The third-order valence-corrected chi connectivity index (χ3v) is 4.43. The van der Waals surface area contributed by atoms with Crippen LogP contribution in [0.3, 0.4) is 0 Å². The zero-order valence-electron chi connectivity index (χ0n) is 14.0. The van der Waals surface area contributed by atoms with Crippen LogP contribution in [-0.4, -0.2) is 52.8 Å². The lowest BCUT2D eigenvalue weighted by molar-refractivity contribution is 0.0952. The fraction of sp³-hybridized carbons (Fsp3) is 0.588. The maximum Gasteiger partial charge on any atom is 0.252 e. The van der Waals surface area contributed by atoms with E-state index in [9.17, 15) is 4.79 Å². The van der Waals surface area contributed by atoms with Crippen molar-refractivity contribution >= 4 is 16.9 Å². The van der Waals surface area contributed by atoms with E-state index < -0.39 is 0 Å². The number of hydrogen-bond acceptors (Lipinski definition) is 4. The second kappa shape index (κ2) is 7.08. The number of nitrogens with one attached hydrogen (secondary N) is 1. The second-order valence-corrected chi connectivity index (χ2v) is 6.58. The normalized spacial score (nSPS) is 15.6. The summed E-state index contributed by atoms with van der Waals surface area (Å²) in [4.78, 5) is 18.8. The van der Waals surface area contributed by atoms with Gasteiger partial charge in [-0.15, -0.1) is 0 Å². The topological polar surface area (TPSA) is 63.1 Å². The number of carbonyl (C=O) groups excluding carboxylic acids is 1. The van der Waals surface area contributed by atoms with Crippen molar-refractivity contribution in [3.63, 3.8) is 0 Å². The van der Waals surface area contributed by atoms with E-state index in [-0.39, 0.29) is 5.91 Å². The van der Waals surface area contributed by atoms with Gasteiger partial charge in [0.1, 0.15) is 0 Å². The summed E-state index contributed by atoms with van der Waals surface area (Å²) in [6, 6.07) is 2.35. The molecule has 0 saturated heterocycles. The summed E-state index contributed by atoms with van der Waals surface area (Å²) in [6.07, 6.45) is 9.30. The van der Waals surface area contributed by atoms with Crippen molar-refractivity contribution in [2.45, 2.75) is 38.1 Å². The van der Waals surface area contributed by atoms with Crippen molar-refractivity contribution in [1.29, 1.82) is 0 Å². The third kappa shape index (κ3) is 3.69. The van der Waals surface area contributed by atoms with Crippen LogP contribution in [0.1, 0.15) is 48.5 Å². The monoisotopic (exact) mass is 315 g/mol. The minimum absolute atomic E-state index is 0.0632. The second-order valence-electron chi connectivity index (χ2n) is 6.58. The largest absolute Gasteiger partial charge is 0.352 e. The summed E-state index contributed by atoms with van der Waals surface area (Å²) >= 11 is 0. The fourth-order valence-electron chi connectivity index (χ4n) is 3.18. The number of nitrogens with zero attached hydrogens (tertiary/aromatic N) is 4. The molecule has 0 aromatic carbocycles. The first kappa shape index (κ1) is 15.9. The molecule has 1 N–H and O–H groups in total. The molecule has 0 aliphatic heterocycles. The highest BCUT2D eigenvalue weighted by Gasteiger charge is 2.20. The Bertz CT molecular complexity index is 673. The molecule has 1 fully saturated rings. The fourth-order valence-corrected chi connectivity index (χ4v) is 3.18. The van der Waals surface area contributed by atoms with Gasteiger partial charge in [0.15, 0.2) is 5.65 Å². The van der Waals surface area contributed by atoms with Gasteiger partial charge in [0.2, 0.25) is 0 Å². The Labute approximate surface area is 136 Å². The first-order valence-electron chi connectivity index (χ1n) is 8.41. The van der Waals surface area contributed by atoms with Crippen molar-refractivity contribution in [3.05, 3.63) is 24.0 Å². The van der Waals surface area contributed by atoms with Crippen molar-refractivity contribution in [2.24, 2.45) is 0 Å². The molecule has 0 unspecified atom stereocenters. The van der Waals surface area contributed by atoms with E-state index in [4.69, 9.17) is 0 Å². The Balaban J connectivity index is 1.67. The number of rotatable bonds is 6. The number of amides is 1. The highest BCUT2D eigenvalue weighted by atomic mass is 16.1. The van der Waals surface area contributed by atoms with E-state index >= 15 is 0 Å². The first-order valence-corrected chi connectivity index (χ1v) is 8.41. The maximum atomic E-state index is 12.2. The minimum Gasteiger partial charge on any atom is -0.352 e. The summed E-state index contributed by atoms with van der Waals surface area (Å²) in [7, 11) is 4.06. The van der Waals surface area contributed by atoms with E-state index in [0.29, 0.717) is 18.2 Å². The van der Waals surface area contributed by atoms with Crippen LogP contribution in [0.15, 0.2) is 18.5 Å². The Kier molecular flexibility index (Phi) is 4.91. The van der Waals surface area contributed by atoms with E-state index in [1.165, 1.54) is 25.7 Å². The summed E-state index contributed by atoms with van der Waals surface area (Å²) in [5, 5.41) is 8.38. The smallest absolute Gasteiger partial charge is 0.252 e. The number of pyridine rings is 1. The van der Waals surface area contributed by atoms with E-state index in [1.807, 2.05) is 31.0 Å². The van der Waals surface area contributed by atoms with E-state index in [1.54, 1.807) is 6.20 Å². The van der Waals surface area contributed by atoms with Crippen molar-refractivity contribution in [2.75, 3.05) is 27.2 Å². The quantitative estimate of drug-likeness (QED) is 0.830. The van der Waals surface area contributed by atoms with Crippen LogP contribution in [-0.2, 0) is 0 Å². The average molecular weight is 315 g/mol. The lowest BCUT2D eigenvalue weighted by Gasteiger charge is -2.11. The molecule has 2 heterocycles. The minimum atomic E-state index is -0.0632. The molecule has 6 heteroatoms. The molecule has 0 atom stereocenters. The Morgan fingerprint density at radius 3 is 2.87 bits per heavy atom. The summed E-state index contributed by atoms with van der Waals surface area (Å²) in [6.45, 7) is 1.64. The maximum absolute atomic E-state index is 12.2. The third-order valence-electron chi connectivity index (χ3n) is 4.43. The number of carbonyl (C=O) groups is 1. The van der Waals surface area contributed by atoms with Crippen LogP contribution in [0.25, 0.3) is 11.0 Å². The highest BCUT2D eigenvalue weighted by molar-refractivity contribution is 5.96. The van der Waals surface area contributed by atoms with Crippen LogP contribution < -0.4 is 5.32 Å². The molecule has 0 radical (unpaired) electrons. The van der Waals surface area contributed by atoms with Gasteiger partial charge in [-0.1, -0.05) is 12.8 Å². The standard InChI is InChI=1S/C17H25N5O/c1-21(2)9-5-8-18-17(23)14-10-13-12-20-22(16(13)19-11-14)15-6-3-4-7-15/h10-12,15H,3-9H2,1-2H3,(H,18,23). The molecule has 1 aliphatic carbocycles. The molecule has 0 spiro atoms. The van der Waals surface area contributed by atoms with Gasteiger partial charge in [-0.05, 0) is 46.0 Å². The Morgan fingerprint density at radius 1 is 1.35 bits per heavy atom. The average Bonchev–Trinajstić information content (AvgIpc) is 3.19. The molecule has 2 aromatic heterocycles. The van der Waals surface area contributed by atoms with Crippen molar-refractivity contribution in [3.8, 4) is 0 Å². The van der Waals surface area contributed by atoms with Crippen LogP contribution in [0.2, 0.25) is 0 Å². The van der Waals surface area contributed by atoms with Crippen molar-refractivity contribution in [1.82, 2.24) is 25.0 Å². The number of hydrogen-bond donors (Lipinski definition) is 1. The summed E-state index contributed by atoms with van der Waals surface area (Å²) < 4.78 is 2.03. The van der Waals surface area contributed by atoms with Gasteiger partial charge in [-0.2, -0.15) is 5.10 Å². The van der Waals surface area contributed by atoms with E-state index in [0.717, 1.165) is 24.0 Å². The van der Waals surface area contributed by atoms with Gasteiger partial charge >= 0.3 is 0 Å². The predicted octanol–water partition coefficient (Wildman–Crippen LogP) is 2.23. The zero-order chi connectivity index (χ0) is 16.2. The SMILES string of the molecule is CN(C)CCCNC(=O)c1cnc2c(cnn2C2CCCC2)c1. The van der Waals surface area contributed by atoms with Crippen LogP contribution in [0.5, 0.6) is 0 Å². The van der Waals surface area contributed by atoms with Crippen molar-refractivity contribution < 1.29 is 4.79 Å². The van der Waals surface area contributed by atoms with Crippen LogP contribution in [0, 0.1) is 0 Å². The molecular formula is C17H25N5O. The van der Waals surface area contributed by atoms with E-state index in [2.05, 4.69) is 20.3 Å². The van der Waals surface area contributed by atoms with Gasteiger partial charge in [-0.3, -0.25) is 4.79 Å². The van der Waals surface area contributed by atoms with Gasteiger partial charge < -0.3 is 10.2 Å². The van der Waals surface area contributed by atoms with Gasteiger partial charge in [0, 0.05) is 18.1 Å². The molecule has 124 valence electrons. The molecule has 1 aliphatic rings. The van der Waals surface area contributed by atoms with Gasteiger partial charge in [-0.25, -0.2) is 9.67 Å². The Hall–Kier alpha value is -1.95. The highest BCUT2D eigenvalue weighted by Crippen LogP contribution is 2.31. The number of aromatic nitrogens is 3. The van der Waals surface area contributed by atoms with Crippen LogP contribution >= 0.6 is 0 Å². The molecule has 1 saturated carbocycles. The number of fused-ring (bicyclic) bond motifs is 1. The summed E-state index contributed by atoms with van der Waals surface area (Å²) in [5.74, 6) is -0.0632. The van der Waals surface area contributed by atoms with Crippen LogP contribution in [0.4, 0.5) is 0 Å².